The number of amides is 1. The third-order valence-corrected chi connectivity index (χ3v) is 8.36. The first-order chi connectivity index (χ1) is 15.7. The van der Waals surface area contributed by atoms with E-state index in [1.54, 1.807) is 0 Å². The average Bonchev–Trinajstić information content (AvgIpc) is 3.11. The molecular weight excluding hydrogens is 458 g/mol. The molecule has 1 aliphatic heterocycles. The molecule has 3 aromatic rings. The highest BCUT2D eigenvalue weighted by atomic mass is 32.2. The number of hydrogen-bond donors (Lipinski definition) is 0. The van der Waals surface area contributed by atoms with Crippen molar-refractivity contribution >= 4 is 37.5 Å². The number of para-hydroxylation sites is 1. The maximum Gasteiger partial charge on any atom is 0.279 e. The largest absolute Gasteiger partial charge is 0.373 e. The van der Waals surface area contributed by atoms with Crippen molar-refractivity contribution in [3.05, 3.63) is 58.4 Å². The first-order valence-electron chi connectivity index (χ1n) is 10.6. The molecule has 0 spiro atoms. The zero-order chi connectivity index (χ0) is 23.8. The van der Waals surface area contributed by atoms with Crippen LogP contribution in [0.3, 0.4) is 0 Å². The Kier molecular flexibility index (Phi) is 6.54. The summed E-state index contributed by atoms with van der Waals surface area (Å²) in [6, 6.07) is 11.8. The highest BCUT2D eigenvalue weighted by Crippen LogP contribution is 2.23. The van der Waals surface area contributed by atoms with Gasteiger partial charge in [0.05, 0.1) is 33.9 Å². The maximum atomic E-state index is 13.0. The van der Waals surface area contributed by atoms with Gasteiger partial charge in [0.15, 0.2) is 4.80 Å². The second-order valence-corrected chi connectivity index (χ2v) is 11.1. The predicted octanol–water partition coefficient (Wildman–Crippen LogP) is 3.18. The molecule has 4 rings (SSSR count). The average molecular weight is 484 g/mol. The SMILES string of the molecule is C#CCn1c(=NC(=O)c2ccc(S(=O)(=O)N3C[C@@H](C)O[C@@H](C)C3)cc2)sc2cccc(C)c21. The smallest absolute Gasteiger partial charge is 0.279 e. The summed E-state index contributed by atoms with van der Waals surface area (Å²) in [5.41, 5.74) is 2.32. The van der Waals surface area contributed by atoms with E-state index < -0.39 is 15.9 Å². The van der Waals surface area contributed by atoms with Crippen LogP contribution < -0.4 is 4.80 Å². The number of sulfonamides is 1. The number of morpholine rings is 1. The van der Waals surface area contributed by atoms with Crippen LogP contribution in [0.5, 0.6) is 0 Å². The van der Waals surface area contributed by atoms with Crippen molar-refractivity contribution in [3.8, 4) is 12.3 Å². The zero-order valence-corrected chi connectivity index (χ0v) is 20.3. The lowest BCUT2D eigenvalue weighted by Gasteiger charge is -2.34. The fourth-order valence-electron chi connectivity index (χ4n) is 4.03. The molecule has 0 unspecified atom stereocenters. The number of hydrogen-bond acceptors (Lipinski definition) is 5. The van der Waals surface area contributed by atoms with E-state index in [0.717, 1.165) is 15.8 Å². The molecule has 33 heavy (non-hydrogen) atoms. The summed E-state index contributed by atoms with van der Waals surface area (Å²) >= 11 is 1.39. The van der Waals surface area contributed by atoms with Crippen molar-refractivity contribution in [2.75, 3.05) is 13.1 Å². The molecule has 1 aliphatic rings. The third kappa shape index (κ3) is 4.66. The fraction of sp³-hybridized carbons (Fsp3) is 0.333. The molecule has 0 saturated carbocycles. The van der Waals surface area contributed by atoms with Crippen molar-refractivity contribution in [2.45, 2.75) is 44.4 Å². The van der Waals surface area contributed by atoms with Gasteiger partial charge in [0, 0.05) is 18.7 Å². The van der Waals surface area contributed by atoms with Gasteiger partial charge in [-0.25, -0.2) is 8.42 Å². The van der Waals surface area contributed by atoms with E-state index in [0.29, 0.717) is 30.0 Å². The predicted molar refractivity (Wildman–Crippen MR) is 128 cm³/mol. The number of nitrogens with zero attached hydrogens (tertiary/aromatic N) is 3. The second-order valence-electron chi connectivity index (χ2n) is 8.12. The van der Waals surface area contributed by atoms with E-state index in [-0.39, 0.29) is 17.1 Å². The number of ether oxygens (including phenoxy) is 1. The molecule has 172 valence electrons. The van der Waals surface area contributed by atoms with Crippen LogP contribution in [0.25, 0.3) is 10.2 Å². The van der Waals surface area contributed by atoms with Gasteiger partial charge < -0.3 is 9.30 Å². The first-order valence-corrected chi connectivity index (χ1v) is 12.8. The van der Waals surface area contributed by atoms with Crippen LogP contribution in [0, 0.1) is 19.3 Å². The molecule has 2 heterocycles. The molecule has 7 nitrogen and oxygen atoms in total. The van der Waals surface area contributed by atoms with Crippen LogP contribution in [0.4, 0.5) is 0 Å². The van der Waals surface area contributed by atoms with Gasteiger partial charge >= 0.3 is 0 Å². The van der Waals surface area contributed by atoms with Crippen LogP contribution in [0.2, 0.25) is 0 Å². The van der Waals surface area contributed by atoms with Gasteiger partial charge in [-0.1, -0.05) is 29.4 Å². The summed E-state index contributed by atoms with van der Waals surface area (Å²) in [6.07, 6.45) is 5.19. The lowest BCUT2D eigenvalue weighted by molar-refractivity contribution is -0.0440. The Balaban J connectivity index is 1.65. The third-order valence-electron chi connectivity index (χ3n) is 5.47. The van der Waals surface area contributed by atoms with Gasteiger partial charge in [0.1, 0.15) is 0 Å². The Bertz CT molecular complexity index is 1400. The summed E-state index contributed by atoms with van der Waals surface area (Å²) in [7, 11) is -3.68. The number of terminal acetylenes is 1. The topological polar surface area (TPSA) is 81.0 Å². The molecule has 9 heteroatoms. The number of aryl methyl sites for hydroxylation is 1. The van der Waals surface area contributed by atoms with Crippen molar-refractivity contribution in [1.82, 2.24) is 8.87 Å². The van der Waals surface area contributed by atoms with Crippen LogP contribution >= 0.6 is 11.3 Å². The number of rotatable bonds is 4. The summed E-state index contributed by atoms with van der Waals surface area (Å²) < 4.78 is 36.0. The first kappa shape index (κ1) is 23.4. The number of carbonyl (C=O) groups excluding carboxylic acids is 1. The van der Waals surface area contributed by atoms with Crippen molar-refractivity contribution in [2.24, 2.45) is 4.99 Å². The standard InChI is InChI=1S/C24H25N3O4S2/c1-5-13-27-22-16(2)7-6-8-21(22)32-24(27)25-23(28)19-9-11-20(12-10-19)33(29,30)26-14-17(3)31-18(4)15-26/h1,6-12,17-18H,13-15H2,2-4H3/t17-,18+. The Hall–Kier alpha value is -2.77. The highest BCUT2D eigenvalue weighted by molar-refractivity contribution is 7.89. The molecule has 2 aromatic carbocycles. The van der Waals surface area contributed by atoms with Crippen LogP contribution in [-0.4, -0.2) is 48.5 Å². The molecule has 2 atom stereocenters. The van der Waals surface area contributed by atoms with E-state index in [9.17, 15) is 13.2 Å². The Morgan fingerprint density at radius 3 is 2.48 bits per heavy atom. The van der Waals surface area contributed by atoms with Gasteiger partial charge in [0.2, 0.25) is 10.0 Å². The van der Waals surface area contributed by atoms with E-state index in [4.69, 9.17) is 11.2 Å². The van der Waals surface area contributed by atoms with Crippen LogP contribution in [0.15, 0.2) is 52.4 Å². The minimum atomic E-state index is -3.68. The number of aromatic nitrogens is 1. The highest BCUT2D eigenvalue weighted by Gasteiger charge is 2.32. The van der Waals surface area contributed by atoms with Gasteiger partial charge in [-0.3, -0.25) is 4.79 Å². The Labute approximate surface area is 197 Å². The molecule has 0 bridgehead atoms. The fourth-order valence-corrected chi connectivity index (χ4v) is 6.72. The number of fused-ring (bicyclic) bond motifs is 1. The Morgan fingerprint density at radius 2 is 1.85 bits per heavy atom. The summed E-state index contributed by atoms with van der Waals surface area (Å²) in [4.78, 5) is 17.8. The van der Waals surface area contributed by atoms with Crippen LogP contribution in [0.1, 0.15) is 29.8 Å². The molecule has 1 saturated heterocycles. The van der Waals surface area contributed by atoms with Crippen molar-refractivity contribution in [3.63, 3.8) is 0 Å². The quantitative estimate of drug-likeness (QED) is 0.534. The van der Waals surface area contributed by atoms with Crippen molar-refractivity contribution in [1.29, 1.82) is 0 Å². The monoisotopic (exact) mass is 483 g/mol. The summed E-state index contributed by atoms with van der Waals surface area (Å²) in [5, 5.41) is 0. The molecule has 1 aromatic heterocycles. The molecular formula is C24H25N3O4S2. The molecule has 1 amide bonds. The Morgan fingerprint density at radius 1 is 1.18 bits per heavy atom. The second kappa shape index (κ2) is 9.23. The van der Waals surface area contributed by atoms with Gasteiger partial charge in [-0.05, 0) is 56.7 Å². The lowest BCUT2D eigenvalue weighted by Crippen LogP contribution is -2.48. The minimum Gasteiger partial charge on any atom is -0.373 e. The normalized spacial score (nSPS) is 20.1. The van der Waals surface area contributed by atoms with Gasteiger partial charge in [0.25, 0.3) is 5.91 Å². The van der Waals surface area contributed by atoms with E-state index in [1.807, 2.05) is 43.5 Å². The number of benzene rings is 2. The lowest BCUT2D eigenvalue weighted by atomic mass is 10.2. The molecule has 0 aliphatic carbocycles. The van der Waals surface area contributed by atoms with Crippen LogP contribution in [-0.2, 0) is 21.3 Å². The maximum absolute atomic E-state index is 13.0. The van der Waals surface area contributed by atoms with E-state index in [1.165, 1.54) is 39.9 Å². The van der Waals surface area contributed by atoms with Gasteiger partial charge in [-0.2, -0.15) is 9.30 Å². The van der Waals surface area contributed by atoms with E-state index in [2.05, 4.69) is 10.9 Å². The van der Waals surface area contributed by atoms with Gasteiger partial charge in [-0.15, -0.1) is 6.42 Å². The zero-order valence-electron chi connectivity index (χ0n) is 18.7. The summed E-state index contributed by atoms with van der Waals surface area (Å²) in [6.45, 7) is 6.58. The molecule has 1 fully saturated rings. The summed E-state index contributed by atoms with van der Waals surface area (Å²) in [5.74, 6) is 2.17. The van der Waals surface area contributed by atoms with E-state index >= 15 is 0 Å². The number of thiazole rings is 1. The number of carbonyl (C=O) groups is 1. The molecule has 0 N–H and O–H groups in total. The molecule has 0 radical (unpaired) electrons. The van der Waals surface area contributed by atoms with Crippen molar-refractivity contribution < 1.29 is 17.9 Å². The minimum absolute atomic E-state index is 0.139.